The van der Waals surface area contributed by atoms with Crippen molar-refractivity contribution in [3.8, 4) is 0 Å². The van der Waals surface area contributed by atoms with Crippen LogP contribution in [0.1, 0.15) is 79.5 Å². The van der Waals surface area contributed by atoms with Crippen molar-refractivity contribution in [2.75, 3.05) is 0 Å². The van der Waals surface area contributed by atoms with E-state index in [9.17, 15) is 8.78 Å². The van der Waals surface area contributed by atoms with Gasteiger partial charge in [0, 0.05) is 0 Å². The third-order valence-electron chi connectivity index (χ3n) is 6.81. The highest BCUT2D eigenvalue weighted by molar-refractivity contribution is 5.36. The van der Waals surface area contributed by atoms with Gasteiger partial charge in [0.05, 0.1) is 0 Å². The maximum Gasteiger partial charge on any atom is 0.162 e. The molecule has 138 valence electrons. The Kier molecular flexibility index (Phi) is 5.11. The minimum absolute atomic E-state index is 0.414. The molecule has 2 aliphatic rings. The predicted octanol–water partition coefficient (Wildman–Crippen LogP) is 6.92. The summed E-state index contributed by atoms with van der Waals surface area (Å²) >= 11 is 0. The van der Waals surface area contributed by atoms with Gasteiger partial charge in [0.1, 0.15) is 0 Å². The van der Waals surface area contributed by atoms with E-state index >= 15 is 0 Å². The fourth-order valence-corrected chi connectivity index (χ4v) is 5.01. The number of benzene rings is 2. The summed E-state index contributed by atoms with van der Waals surface area (Å²) in [6.45, 7) is 2.31. The Labute approximate surface area is 155 Å². The quantitative estimate of drug-likeness (QED) is 0.561. The van der Waals surface area contributed by atoms with Crippen molar-refractivity contribution in [3.63, 3.8) is 0 Å². The molecule has 2 heteroatoms. The molecular formula is C24H28F2. The monoisotopic (exact) mass is 354 g/mol. The molecule has 2 aromatic rings. The van der Waals surface area contributed by atoms with Crippen LogP contribution in [0.15, 0.2) is 36.4 Å². The van der Waals surface area contributed by atoms with Crippen LogP contribution in [0.4, 0.5) is 8.78 Å². The SMILES string of the molecule is CCC1CCC(c2ccc(C3CCc4c(ccc(F)c4F)C3)cc2)CC1. The Bertz CT molecular complexity index is 755. The molecule has 1 saturated carbocycles. The second-order valence-electron chi connectivity index (χ2n) is 8.23. The molecular weight excluding hydrogens is 326 g/mol. The van der Waals surface area contributed by atoms with Crippen molar-refractivity contribution >= 4 is 0 Å². The molecule has 0 amide bonds. The van der Waals surface area contributed by atoms with Crippen molar-refractivity contribution in [1.82, 2.24) is 0 Å². The van der Waals surface area contributed by atoms with Crippen molar-refractivity contribution in [2.45, 2.75) is 70.1 Å². The van der Waals surface area contributed by atoms with Gasteiger partial charge in [-0.15, -0.1) is 0 Å². The van der Waals surface area contributed by atoms with Crippen molar-refractivity contribution in [3.05, 3.63) is 70.3 Å². The van der Waals surface area contributed by atoms with Gasteiger partial charge in [0.25, 0.3) is 0 Å². The fraction of sp³-hybridized carbons (Fsp3) is 0.500. The van der Waals surface area contributed by atoms with Crippen LogP contribution in [0.2, 0.25) is 0 Å². The van der Waals surface area contributed by atoms with Crippen LogP contribution < -0.4 is 0 Å². The molecule has 2 aromatic carbocycles. The Morgan fingerprint density at radius 1 is 0.808 bits per heavy atom. The lowest BCUT2D eigenvalue weighted by molar-refractivity contribution is 0.319. The summed E-state index contributed by atoms with van der Waals surface area (Å²) in [5.74, 6) is 0.703. The summed E-state index contributed by atoms with van der Waals surface area (Å²) in [6, 6.07) is 12.2. The Morgan fingerprint density at radius 2 is 1.46 bits per heavy atom. The van der Waals surface area contributed by atoms with Gasteiger partial charge in [0.2, 0.25) is 0 Å². The highest BCUT2D eigenvalue weighted by Gasteiger charge is 2.25. The lowest BCUT2D eigenvalue weighted by atomic mass is 9.76. The van der Waals surface area contributed by atoms with E-state index in [1.54, 1.807) is 6.07 Å². The summed E-state index contributed by atoms with van der Waals surface area (Å²) in [5, 5.41) is 0. The highest BCUT2D eigenvalue weighted by Crippen LogP contribution is 2.38. The van der Waals surface area contributed by atoms with Crippen LogP contribution in [0.3, 0.4) is 0 Å². The molecule has 4 rings (SSSR count). The summed E-state index contributed by atoms with van der Waals surface area (Å²) in [6.07, 6.45) is 9.03. The molecule has 1 unspecified atom stereocenters. The number of halogens is 2. The van der Waals surface area contributed by atoms with E-state index in [0.29, 0.717) is 17.9 Å². The Balaban J connectivity index is 1.45. The van der Waals surface area contributed by atoms with E-state index in [0.717, 1.165) is 30.2 Å². The first-order valence-corrected chi connectivity index (χ1v) is 10.2. The maximum atomic E-state index is 13.9. The van der Waals surface area contributed by atoms with E-state index in [2.05, 4.69) is 31.2 Å². The maximum absolute atomic E-state index is 13.9. The largest absolute Gasteiger partial charge is 0.204 e. The average Bonchev–Trinajstić information content (AvgIpc) is 2.71. The van der Waals surface area contributed by atoms with E-state index in [1.165, 1.54) is 49.3 Å². The number of hydrogen-bond acceptors (Lipinski definition) is 0. The van der Waals surface area contributed by atoms with Crippen LogP contribution in [-0.4, -0.2) is 0 Å². The predicted molar refractivity (Wildman–Crippen MR) is 103 cm³/mol. The van der Waals surface area contributed by atoms with Gasteiger partial charge in [-0.2, -0.15) is 0 Å². The van der Waals surface area contributed by atoms with Crippen LogP contribution in [0.5, 0.6) is 0 Å². The van der Waals surface area contributed by atoms with Gasteiger partial charge in [-0.3, -0.25) is 0 Å². The van der Waals surface area contributed by atoms with E-state index < -0.39 is 11.6 Å². The molecule has 1 atom stereocenters. The molecule has 0 aliphatic heterocycles. The molecule has 26 heavy (non-hydrogen) atoms. The number of fused-ring (bicyclic) bond motifs is 1. The smallest absolute Gasteiger partial charge is 0.162 e. The molecule has 0 heterocycles. The summed E-state index contributed by atoms with van der Waals surface area (Å²) in [4.78, 5) is 0. The average molecular weight is 354 g/mol. The molecule has 0 spiro atoms. The first-order valence-electron chi connectivity index (χ1n) is 10.2. The summed E-state index contributed by atoms with van der Waals surface area (Å²) in [5.41, 5.74) is 4.38. The van der Waals surface area contributed by atoms with Crippen molar-refractivity contribution in [1.29, 1.82) is 0 Å². The van der Waals surface area contributed by atoms with E-state index in [1.807, 2.05) is 0 Å². The van der Waals surface area contributed by atoms with Crippen LogP contribution >= 0.6 is 0 Å². The Morgan fingerprint density at radius 3 is 2.12 bits per heavy atom. The van der Waals surface area contributed by atoms with Crippen molar-refractivity contribution in [2.24, 2.45) is 5.92 Å². The van der Waals surface area contributed by atoms with Crippen LogP contribution in [-0.2, 0) is 12.8 Å². The molecule has 0 nitrogen and oxygen atoms in total. The standard InChI is InChI=1S/C24H28F2/c1-2-16-3-5-17(6-4-16)18-7-9-19(10-8-18)20-11-13-22-21(15-20)12-14-23(25)24(22)26/h7-10,12,14,16-17,20H,2-6,11,13,15H2,1H3. The first-order chi connectivity index (χ1) is 12.7. The van der Waals surface area contributed by atoms with Crippen LogP contribution in [0, 0.1) is 17.6 Å². The highest BCUT2D eigenvalue weighted by atomic mass is 19.2. The minimum atomic E-state index is -0.718. The zero-order valence-electron chi connectivity index (χ0n) is 15.6. The van der Waals surface area contributed by atoms with Gasteiger partial charge in [-0.05, 0) is 91.0 Å². The topological polar surface area (TPSA) is 0 Å². The summed E-state index contributed by atoms with van der Waals surface area (Å²) < 4.78 is 27.4. The molecule has 0 saturated heterocycles. The zero-order valence-corrected chi connectivity index (χ0v) is 15.6. The molecule has 0 N–H and O–H groups in total. The normalized spacial score (nSPS) is 25.7. The number of hydrogen-bond donors (Lipinski definition) is 0. The van der Waals surface area contributed by atoms with E-state index in [-0.39, 0.29) is 0 Å². The van der Waals surface area contributed by atoms with Gasteiger partial charge < -0.3 is 0 Å². The first kappa shape index (κ1) is 17.7. The lowest BCUT2D eigenvalue weighted by Crippen LogP contribution is -2.15. The Hall–Kier alpha value is -1.70. The van der Waals surface area contributed by atoms with Crippen molar-refractivity contribution < 1.29 is 8.78 Å². The minimum Gasteiger partial charge on any atom is -0.204 e. The number of rotatable bonds is 3. The third-order valence-corrected chi connectivity index (χ3v) is 6.81. The lowest BCUT2D eigenvalue weighted by Gasteiger charge is -2.29. The second-order valence-corrected chi connectivity index (χ2v) is 8.23. The van der Waals surface area contributed by atoms with Gasteiger partial charge in [-0.25, -0.2) is 8.78 Å². The molecule has 0 aromatic heterocycles. The fourth-order valence-electron chi connectivity index (χ4n) is 5.01. The molecule has 1 fully saturated rings. The summed E-state index contributed by atoms with van der Waals surface area (Å²) in [7, 11) is 0. The molecule has 0 bridgehead atoms. The third kappa shape index (κ3) is 3.43. The van der Waals surface area contributed by atoms with Crippen LogP contribution in [0.25, 0.3) is 0 Å². The molecule has 0 radical (unpaired) electrons. The van der Waals surface area contributed by atoms with E-state index in [4.69, 9.17) is 0 Å². The molecule has 2 aliphatic carbocycles. The zero-order chi connectivity index (χ0) is 18.1. The van der Waals surface area contributed by atoms with Gasteiger partial charge in [-0.1, -0.05) is 43.7 Å². The van der Waals surface area contributed by atoms with Gasteiger partial charge in [0.15, 0.2) is 11.6 Å². The second kappa shape index (κ2) is 7.50. The van der Waals surface area contributed by atoms with Gasteiger partial charge >= 0.3 is 0 Å².